The van der Waals surface area contributed by atoms with Gasteiger partial charge in [0, 0.05) is 98.9 Å². The number of nitrogens with one attached hydrogen (secondary N) is 6. The third-order valence-electron chi connectivity index (χ3n) is 11.8. The summed E-state index contributed by atoms with van der Waals surface area (Å²) >= 11 is 0. The molecule has 74 heavy (non-hydrogen) atoms. The normalized spacial score (nSPS) is 12.4. The molecule has 390 valence electrons. The van der Waals surface area contributed by atoms with Crippen molar-refractivity contribution in [1.29, 1.82) is 0 Å². The van der Waals surface area contributed by atoms with Gasteiger partial charge in [-0.2, -0.15) is 21.9 Å². The standard InChI is InChI=1S/C48H58N16O8S2/c1-30(72-38-16-18-50-40(28-38)74(69,70)61-36-11-7-33(8-12-36)43-53-45(51-19-21-62(4)23-25-65)41-31(2)57-58-47(41)55-43)29-64-32(3)42-46(52-20-22-63(5)24-26-66)54-44(56-48(42)59-64)34-9-13-35(14-10-34)60-73(67,68)39-27-37(71-6)15-17-49-39/h7-18,27-28,30,65-66H,19-26,29H2,1-6H3,(H5,51,52,53,54,55,56,57,58,59,60,61)/p+1. The number of aryl methyl sites for hydroxylation is 2. The maximum Gasteiger partial charge on any atom is 0.279 e. The van der Waals surface area contributed by atoms with Crippen molar-refractivity contribution >= 4 is 65.1 Å². The lowest BCUT2D eigenvalue weighted by atomic mass is 10.2. The number of aromatic nitrogens is 10. The lowest BCUT2D eigenvalue weighted by molar-refractivity contribution is -0.757. The minimum absolute atomic E-state index is 0.0236. The van der Waals surface area contributed by atoms with Gasteiger partial charge in [-0.05, 0) is 88.6 Å². The van der Waals surface area contributed by atoms with E-state index in [2.05, 4.69) is 50.3 Å². The van der Waals surface area contributed by atoms with Gasteiger partial charge < -0.3 is 40.1 Å². The van der Waals surface area contributed by atoms with Gasteiger partial charge in [-0.3, -0.25) is 14.5 Å². The van der Waals surface area contributed by atoms with Crippen molar-refractivity contribution in [3.8, 4) is 34.3 Å². The van der Waals surface area contributed by atoms with Crippen LogP contribution >= 0.6 is 0 Å². The number of aliphatic hydroxyl groups is 2. The number of aromatic amines is 2. The molecule has 0 aliphatic rings. The van der Waals surface area contributed by atoms with Gasteiger partial charge >= 0.3 is 0 Å². The summed E-state index contributed by atoms with van der Waals surface area (Å²) in [6, 6.07) is 19.1. The van der Waals surface area contributed by atoms with Crippen LogP contribution in [-0.2, 0) is 26.6 Å². The van der Waals surface area contributed by atoms with Crippen LogP contribution in [0.25, 0.3) is 44.8 Å². The van der Waals surface area contributed by atoms with Crippen LogP contribution in [-0.4, -0.2) is 162 Å². The zero-order valence-corrected chi connectivity index (χ0v) is 43.3. The number of hydrogen-bond donors (Lipinski definition) is 8. The van der Waals surface area contributed by atoms with Gasteiger partial charge in [0.25, 0.3) is 20.0 Å². The highest BCUT2D eigenvalue weighted by Gasteiger charge is 2.26. The summed E-state index contributed by atoms with van der Waals surface area (Å²) < 4.78 is 72.1. The smallest absolute Gasteiger partial charge is 0.279 e. The van der Waals surface area contributed by atoms with Crippen LogP contribution in [0.3, 0.4) is 0 Å². The van der Waals surface area contributed by atoms with E-state index >= 15 is 0 Å². The van der Waals surface area contributed by atoms with Crippen molar-refractivity contribution in [2.45, 2.75) is 43.5 Å². The van der Waals surface area contributed by atoms with Gasteiger partial charge in [0.15, 0.2) is 33.5 Å². The molecule has 0 radical (unpaired) electrons. The van der Waals surface area contributed by atoms with Crippen LogP contribution in [0, 0.1) is 13.8 Å². The minimum Gasteiger partial charge on any atom is -0.497 e. The quantitative estimate of drug-likeness (QED) is 0.0380. The molecule has 0 spiro atoms. The Bertz CT molecular complexity index is 3450. The summed E-state index contributed by atoms with van der Waals surface area (Å²) in [5.41, 5.74) is 4.48. The molecule has 0 aliphatic carbocycles. The maximum absolute atomic E-state index is 13.7. The molecule has 8 rings (SSSR count). The lowest BCUT2D eigenvalue weighted by Crippen LogP contribution is -2.44. The van der Waals surface area contributed by atoms with Crippen LogP contribution in [0.5, 0.6) is 11.5 Å². The number of fused-ring (bicyclic) bond motifs is 2. The number of nitrogens with zero attached hydrogens (tertiary/aromatic N) is 10. The molecule has 1 atom stereocenters. The predicted molar refractivity (Wildman–Crippen MR) is 279 cm³/mol. The Morgan fingerprint density at radius 1 is 0.689 bits per heavy atom. The first kappa shape index (κ1) is 52.7. The summed E-state index contributed by atoms with van der Waals surface area (Å²) in [7, 11) is -2.90. The molecule has 6 heterocycles. The maximum atomic E-state index is 13.7. The van der Waals surface area contributed by atoms with Crippen LogP contribution in [0.1, 0.15) is 18.3 Å². The molecule has 1 unspecified atom stereocenters. The average molecular weight is 1050 g/mol. The van der Waals surface area contributed by atoms with E-state index in [0.29, 0.717) is 109 Å². The molecule has 0 saturated heterocycles. The Morgan fingerprint density at radius 3 is 1.74 bits per heavy atom. The first-order valence-corrected chi connectivity index (χ1v) is 26.5. The van der Waals surface area contributed by atoms with Gasteiger partial charge in [0.1, 0.15) is 28.5 Å². The van der Waals surface area contributed by atoms with E-state index < -0.39 is 26.2 Å². The first-order chi connectivity index (χ1) is 35.5. The summed E-state index contributed by atoms with van der Waals surface area (Å²) in [4.78, 5) is 31.3. The number of rotatable bonds is 25. The Kier molecular flexibility index (Phi) is 16.4. The molecule has 0 bridgehead atoms. The third kappa shape index (κ3) is 12.6. The molecule has 24 nitrogen and oxygen atoms in total. The number of hydrogen-bond acceptors (Lipinski definition) is 19. The van der Waals surface area contributed by atoms with Crippen LogP contribution < -0.4 is 34.2 Å². The van der Waals surface area contributed by atoms with E-state index in [1.165, 1.54) is 31.6 Å². The van der Waals surface area contributed by atoms with Crippen molar-refractivity contribution in [3.05, 3.63) is 96.6 Å². The van der Waals surface area contributed by atoms with Crippen LogP contribution in [0.2, 0.25) is 0 Å². The Hall–Kier alpha value is -7.62. The summed E-state index contributed by atoms with van der Waals surface area (Å²) in [5.74, 6) is 2.57. The van der Waals surface area contributed by atoms with Crippen molar-refractivity contribution in [1.82, 2.24) is 55.0 Å². The second-order valence-corrected chi connectivity index (χ2v) is 20.7. The molecular weight excluding hydrogens is 993 g/mol. The highest BCUT2D eigenvalue weighted by atomic mass is 32.2. The number of ether oxygens (including phenoxy) is 2. The summed E-state index contributed by atoms with van der Waals surface area (Å²) in [5, 5.41) is 37.2. The number of sulfonamides is 2. The molecule has 0 fully saturated rings. The molecule has 6 aromatic heterocycles. The summed E-state index contributed by atoms with van der Waals surface area (Å²) in [6.07, 6.45) is 2.24. The fraction of sp³-hybridized carbons (Fsp3) is 0.333. The highest BCUT2D eigenvalue weighted by Crippen LogP contribution is 2.30. The number of benzene rings is 2. The van der Waals surface area contributed by atoms with E-state index in [1.807, 2.05) is 49.3 Å². The number of anilines is 4. The van der Waals surface area contributed by atoms with Crippen LogP contribution in [0.15, 0.2) is 95.2 Å². The monoisotopic (exact) mass is 1050 g/mol. The lowest BCUT2D eigenvalue weighted by Gasteiger charge is -2.16. The fourth-order valence-corrected chi connectivity index (χ4v) is 9.93. The van der Waals surface area contributed by atoms with Crippen molar-refractivity contribution in [2.24, 2.45) is 0 Å². The average Bonchev–Trinajstić information content (AvgIpc) is 3.92. The van der Waals surface area contributed by atoms with Gasteiger partial charge in [-0.25, -0.2) is 29.9 Å². The van der Waals surface area contributed by atoms with E-state index in [9.17, 15) is 27.0 Å². The second-order valence-electron chi connectivity index (χ2n) is 17.4. The fourth-order valence-electron chi connectivity index (χ4n) is 7.88. The molecule has 0 saturated carbocycles. The van der Waals surface area contributed by atoms with E-state index in [4.69, 9.17) is 24.4 Å². The zero-order chi connectivity index (χ0) is 52.6. The number of likely N-dealkylation sites (N-methyl/N-ethyl adjacent to an activating group) is 2. The van der Waals surface area contributed by atoms with Gasteiger partial charge in [-0.1, -0.05) is 0 Å². The number of methoxy groups -OCH3 is 1. The molecule has 0 amide bonds. The molecule has 8 aromatic rings. The van der Waals surface area contributed by atoms with E-state index in [1.54, 1.807) is 60.7 Å². The number of aliphatic hydroxyl groups excluding tert-OH is 2. The Labute approximate surface area is 427 Å². The van der Waals surface area contributed by atoms with Crippen molar-refractivity contribution < 1.29 is 41.2 Å². The van der Waals surface area contributed by atoms with E-state index in [-0.39, 0.29) is 29.0 Å². The third-order valence-corrected chi connectivity index (χ3v) is 14.4. The van der Waals surface area contributed by atoms with Crippen molar-refractivity contribution in [2.75, 3.05) is 93.8 Å². The molecule has 0 aliphatic heterocycles. The predicted octanol–water partition coefficient (Wildman–Crippen LogP) is 3.40. The first-order valence-electron chi connectivity index (χ1n) is 23.5. The second kappa shape index (κ2) is 23.1. The van der Waals surface area contributed by atoms with Crippen LogP contribution in [0.4, 0.5) is 23.0 Å². The SMILES string of the molecule is COc1ccnc(S(=O)(=O)Nc2ccc(-c3nc(NCCN(C)CCO)c4c(C)[n+](CC(C)Oc5ccnc(S(=O)(=O)Nc6ccc(-c7nc(NCCN(C)CCO)c8c(C)[nH]nc8n7)cc6)c5)[nH]c4n3)cc2)c1. The highest BCUT2D eigenvalue weighted by molar-refractivity contribution is 7.93. The summed E-state index contributed by atoms with van der Waals surface area (Å²) in [6.45, 7) is 9.47. The molecule has 26 heteroatoms. The molecular formula is C48H59N16O8S2+. The molecule has 8 N–H and O–H groups in total. The van der Waals surface area contributed by atoms with Gasteiger partial charge in [0.05, 0.1) is 25.7 Å². The Morgan fingerprint density at radius 2 is 1.20 bits per heavy atom. The van der Waals surface area contributed by atoms with Gasteiger partial charge in [-0.15, -0.1) is 9.78 Å². The van der Waals surface area contributed by atoms with Crippen molar-refractivity contribution in [3.63, 3.8) is 0 Å². The van der Waals surface area contributed by atoms with Gasteiger partial charge in [0.2, 0.25) is 17.9 Å². The topological polar surface area (TPSA) is 307 Å². The minimum atomic E-state index is -4.16. The number of H-pyrrole nitrogens is 2. The largest absolute Gasteiger partial charge is 0.497 e. The zero-order valence-electron chi connectivity index (χ0n) is 41.7. The van der Waals surface area contributed by atoms with E-state index in [0.717, 1.165) is 22.2 Å². The number of pyridine rings is 2. The molecule has 2 aromatic carbocycles. The Balaban J connectivity index is 0.958.